The van der Waals surface area contributed by atoms with E-state index in [9.17, 15) is 9.59 Å². The number of thioether (sulfide) groups is 2. The minimum Gasteiger partial charge on any atom is -0.461 e. The molecule has 0 aromatic rings. The second-order valence-electron chi connectivity index (χ2n) is 1.59. The van der Waals surface area contributed by atoms with Crippen LogP contribution in [0.25, 0.3) is 0 Å². The number of aliphatic imine (C=N–C) groups is 1. The van der Waals surface area contributed by atoms with Crippen LogP contribution in [0.15, 0.2) is 4.99 Å². The molecule has 14 heavy (non-hydrogen) atoms. The summed E-state index contributed by atoms with van der Waals surface area (Å²) in [4.78, 5) is 24.8. The number of nitriles is 1. The summed E-state index contributed by atoms with van der Waals surface area (Å²) in [5.74, 6) is 0. The predicted molar refractivity (Wildman–Crippen MR) is 53.0 cm³/mol. The van der Waals surface area contributed by atoms with Gasteiger partial charge in [0, 0.05) is 23.5 Å². The number of carbonyl (C=O) groups excluding carboxylic acids is 2. The van der Waals surface area contributed by atoms with Crippen LogP contribution >= 0.6 is 23.5 Å². The lowest BCUT2D eigenvalue weighted by molar-refractivity contribution is 0.200. The molecule has 0 aliphatic heterocycles. The molecule has 8 heteroatoms. The topological polar surface area (TPSA) is 88.8 Å². The van der Waals surface area contributed by atoms with Gasteiger partial charge in [-0.2, -0.15) is 10.3 Å². The first-order valence-corrected chi connectivity index (χ1v) is 4.75. The van der Waals surface area contributed by atoms with Crippen LogP contribution in [-0.2, 0) is 9.47 Å². The Morgan fingerprint density at radius 2 is 1.64 bits per heavy atom. The number of hydrogen-bond acceptors (Lipinski definition) is 8. The van der Waals surface area contributed by atoms with Crippen LogP contribution in [0.5, 0.6) is 0 Å². The van der Waals surface area contributed by atoms with E-state index in [4.69, 9.17) is 5.26 Å². The number of nitrogens with zero attached hydrogens (tertiary/aromatic N) is 2. The van der Waals surface area contributed by atoms with Gasteiger partial charge >= 0.3 is 10.6 Å². The van der Waals surface area contributed by atoms with Crippen molar-refractivity contribution in [3.8, 4) is 6.19 Å². The first-order chi connectivity index (χ1) is 6.63. The Morgan fingerprint density at radius 1 is 1.21 bits per heavy atom. The monoisotopic (exact) mass is 234 g/mol. The Labute approximate surface area is 88.6 Å². The van der Waals surface area contributed by atoms with E-state index in [0.717, 1.165) is 0 Å². The van der Waals surface area contributed by atoms with Gasteiger partial charge in [-0.1, -0.05) is 0 Å². The first-order valence-electron chi connectivity index (χ1n) is 3.12. The zero-order chi connectivity index (χ0) is 11.0. The highest BCUT2D eigenvalue weighted by Gasteiger charge is 2.14. The van der Waals surface area contributed by atoms with E-state index in [2.05, 4.69) is 14.5 Å². The van der Waals surface area contributed by atoms with Crippen molar-refractivity contribution >= 4 is 38.5 Å². The van der Waals surface area contributed by atoms with Gasteiger partial charge in [0.25, 0.3) is 0 Å². The van der Waals surface area contributed by atoms with Gasteiger partial charge in [-0.25, -0.2) is 9.59 Å². The van der Waals surface area contributed by atoms with Crippen LogP contribution in [-0.4, -0.2) is 29.2 Å². The molecule has 0 bridgehead atoms. The minimum atomic E-state index is -0.657. The molecule has 0 spiro atoms. The minimum absolute atomic E-state index is 0.0359. The Kier molecular flexibility index (Phi) is 6.61. The molecule has 6 nitrogen and oxygen atoms in total. The average Bonchev–Trinajstić information content (AvgIpc) is 2.17. The zero-order valence-corrected chi connectivity index (χ0v) is 8.98. The summed E-state index contributed by atoms with van der Waals surface area (Å²) in [7, 11) is 2.37. The third-order valence-electron chi connectivity index (χ3n) is 0.816. The summed E-state index contributed by atoms with van der Waals surface area (Å²) >= 11 is 1.08. The lowest BCUT2D eigenvalue weighted by atomic mass is 11.3. The molecule has 0 aromatic carbocycles. The van der Waals surface area contributed by atoms with E-state index in [1.807, 2.05) is 0 Å². The molecule has 0 unspecified atom stereocenters. The lowest BCUT2D eigenvalue weighted by Gasteiger charge is -1.99. The van der Waals surface area contributed by atoms with E-state index in [0.29, 0.717) is 23.5 Å². The van der Waals surface area contributed by atoms with Crippen LogP contribution in [0.4, 0.5) is 9.59 Å². The highest BCUT2D eigenvalue weighted by molar-refractivity contribution is 8.49. The molecule has 0 aliphatic carbocycles. The van der Waals surface area contributed by atoms with E-state index in [1.54, 1.807) is 0 Å². The highest BCUT2D eigenvalue weighted by Crippen LogP contribution is 2.20. The third-order valence-corrected chi connectivity index (χ3v) is 2.51. The number of rotatable bonds is 0. The Bertz CT molecular complexity index is 277. The van der Waals surface area contributed by atoms with E-state index in [-0.39, 0.29) is 4.38 Å². The number of ether oxygens (including phenoxy) is 2. The van der Waals surface area contributed by atoms with Crippen molar-refractivity contribution in [2.45, 2.75) is 0 Å². The van der Waals surface area contributed by atoms with Gasteiger partial charge in [-0.05, 0) is 0 Å². The van der Waals surface area contributed by atoms with E-state index >= 15 is 0 Å². The van der Waals surface area contributed by atoms with Crippen LogP contribution in [0, 0.1) is 11.5 Å². The second kappa shape index (κ2) is 7.23. The molecule has 0 N–H and O–H groups in total. The number of carbonyl (C=O) groups is 2. The average molecular weight is 234 g/mol. The Balaban J connectivity index is 4.33. The first kappa shape index (κ1) is 12.8. The summed E-state index contributed by atoms with van der Waals surface area (Å²) in [6, 6.07) is 0. The third kappa shape index (κ3) is 5.45. The van der Waals surface area contributed by atoms with Gasteiger partial charge in [0.15, 0.2) is 4.38 Å². The molecule has 0 rings (SSSR count). The molecule has 0 radical (unpaired) electrons. The molecule has 0 amide bonds. The second-order valence-corrected chi connectivity index (χ2v) is 3.70. The number of hydrogen-bond donors (Lipinski definition) is 0. The normalized spacial score (nSPS) is 8.36. The molecule has 0 heterocycles. The van der Waals surface area contributed by atoms with Crippen LogP contribution < -0.4 is 0 Å². The summed E-state index contributed by atoms with van der Waals surface area (Å²) in [5.41, 5.74) is 0. The molecule has 0 aliphatic rings. The van der Waals surface area contributed by atoms with Gasteiger partial charge in [-0.15, -0.1) is 0 Å². The van der Waals surface area contributed by atoms with Crippen molar-refractivity contribution in [3.05, 3.63) is 0 Å². The standard InChI is InChI=1S/C6H6N2O4S2/c1-11-5(9)13-4(8-3-7)14-6(10)12-2/h1-2H3. The van der Waals surface area contributed by atoms with Gasteiger partial charge in [0.2, 0.25) is 6.19 Å². The molecular weight excluding hydrogens is 228 g/mol. The zero-order valence-electron chi connectivity index (χ0n) is 7.34. The van der Waals surface area contributed by atoms with Crippen LogP contribution in [0.2, 0.25) is 0 Å². The fraction of sp³-hybridized carbons (Fsp3) is 0.333. The summed E-state index contributed by atoms with van der Waals surface area (Å²) in [6.07, 6.45) is 1.46. The molecule has 0 atom stereocenters. The van der Waals surface area contributed by atoms with Gasteiger partial charge < -0.3 is 9.47 Å². The molecule has 0 saturated heterocycles. The van der Waals surface area contributed by atoms with Crippen molar-refractivity contribution in [2.75, 3.05) is 14.2 Å². The summed E-state index contributed by atoms with van der Waals surface area (Å²) in [6.45, 7) is 0. The van der Waals surface area contributed by atoms with Gasteiger partial charge in [0.1, 0.15) is 0 Å². The Morgan fingerprint density at radius 3 is 1.93 bits per heavy atom. The maximum Gasteiger partial charge on any atom is 0.373 e. The van der Waals surface area contributed by atoms with Crippen molar-refractivity contribution in [3.63, 3.8) is 0 Å². The molecule has 0 aromatic heterocycles. The smallest absolute Gasteiger partial charge is 0.373 e. The maximum absolute atomic E-state index is 10.8. The van der Waals surface area contributed by atoms with E-state index < -0.39 is 10.6 Å². The van der Waals surface area contributed by atoms with Crippen molar-refractivity contribution in [2.24, 2.45) is 4.99 Å². The van der Waals surface area contributed by atoms with Gasteiger partial charge in [0.05, 0.1) is 14.2 Å². The largest absolute Gasteiger partial charge is 0.461 e. The van der Waals surface area contributed by atoms with Gasteiger partial charge in [-0.3, -0.25) is 0 Å². The summed E-state index contributed by atoms with van der Waals surface area (Å²) < 4.78 is 8.59. The molecule has 76 valence electrons. The fourth-order valence-electron chi connectivity index (χ4n) is 0.333. The number of methoxy groups -OCH3 is 2. The van der Waals surface area contributed by atoms with Crippen molar-refractivity contribution in [1.29, 1.82) is 5.26 Å². The molecule has 0 fully saturated rings. The lowest BCUT2D eigenvalue weighted by Crippen LogP contribution is -2.00. The highest BCUT2D eigenvalue weighted by atomic mass is 32.2. The van der Waals surface area contributed by atoms with Crippen LogP contribution in [0.1, 0.15) is 0 Å². The molecular formula is C6H6N2O4S2. The fourth-order valence-corrected chi connectivity index (χ4v) is 1.53. The van der Waals surface area contributed by atoms with Crippen LogP contribution in [0.3, 0.4) is 0 Å². The van der Waals surface area contributed by atoms with Crippen molar-refractivity contribution in [1.82, 2.24) is 0 Å². The Hall–Kier alpha value is -1.20. The quantitative estimate of drug-likeness (QED) is 0.273. The van der Waals surface area contributed by atoms with Crippen molar-refractivity contribution < 1.29 is 19.1 Å². The SMILES string of the molecule is COC(=O)SC(=NC#N)SC(=O)OC. The maximum atomic E-state index is 10.8. The van der Waals surface area contributed by atoms with E-state index in [1.165, 1.54) is 20.4 Å². The predicted octanol–water partition coefficient (Wildman–Crippen LogP) is 1.82. The molecule has 0 saturated carbocycles. The summed E-state index contributed by atoms with van der Waals surface area (Å²) in [5, 5.41) is 6.93.